The molecule has 1 aliphatic rings. The van der Waals surface area contributed by atoms with E-state index in [1.54, 1.807) is 0 Å². The average molecular weight is 230 g/mol. The Balaban J connectivity index is 1.90. The van der Waals surface area contributed by atoms with E-state index < -0.39 is 0 Å². The van der Waals surface area contributed by atoms with Crippen LogP contribution in [0.2, 0.25) is 0 Å². The van der Waals surface area contributed by atoms with Crippen LogP contribution in [-0.4, -0.2) is 19.0 Å². The van der Waals surface area contributed by atoms with Crippen LogP contribution in [-0.2, 0) is 11.3 Å². The van der Waals surface area contributed by atoms with Gasteiger partial charge in [0.25, 0.3) is 0 Å². The molecule has 1 fully saturated rings. The van der Waals surface area contributed by atoms with Gasteiger partial charge in [0.2, 0.25) is 5.91 Å². The van der Waals surface area contributed by atoms with Crippen LogP contribution in [0.1, 0.15) is 18.1 Å². The first-order chi connectivity index (χ1) is 8.16. The minimum absolute atomic E-state index is 0.0436. The van der Waals surface area contributed by atoms with E-state index in [2.05, 4.69) is 29.7 Å². The monoisotopic (exact) mass is 230 g/mol. The highest BCUT2D eigenvalue weighted by Gasteiger charge is 2.15. The van der Waals surface area contributed by atoms with E-state index in [1.807, 2.05) is 19.1 Å². The normalized spacial score (nSPS) is 14.1. The molecule has 1 aromatic carbocycles. The molecule has 90 valence electrons. The van der Waals surface area contributed by atoms with Crippen LogP contribution in [0.25, 0.3) is 0 Å². The number of rotatable bonds is 3. The van der Waals surface area contributed by atoms with Gasteiger partial charge in [-0.2, -0.15) is 0 Å². The number of benzene rings is 1. The van der Waals surface area contributed by atoms with Crippen molar-refractivity contribution in [3.63, 3.8) is 0 Å². The van der Waals surface area contributed by atoms with E-state index >= 15 is 0 Å². The molecule has 0 aliphatic carbocycles. The molecule has 3 heteroatoms. The highest BCUT2D eigenvalue weighted by atomic mass is 16.1. The third kappa shape index (κ3) is 2.94. The molecule has 0 atom stereocenters. The summed E-state index contributed by atoms with van der Waals surface area (Å²) in [7, 11) is 0. The Bertz CT molecular complexity index is 440. The minimum atomic E-state index is 0.0436. The number of carbonyl (C=O) groups is 1. The number of carbonyl (C=O) groups excluding carboxylic acids is 1. The maximum atomic E-state index is 11.8. The molecule has 0 bridgehead atoms. The van der Waals surface area contributed by atoms with E-state index in [9.17, 15) is 4.79 Å². The molecule has 1 aromatic rings. The van der Waals surface area contributed by atoms with E-state index in [-0.39, 0.29) is 5.91 Å². The van der Waals surface area contributed by atoms with Crippen molar-refractivity contribution in [2.45, 2.75) is 20.4 Å². The minimum Gasteiger partial charge on any atom is -0.348 e. The fourth-order valence-corrected chi connectivity index (χ4v) is 1.70. The van der Waals surface area contributed by atoms with Gasteiger partial charge in [0.05, 0.1) is 0 Å². The number of hydrogen-bond donors (Lipinski definition) is 2. The molecule has 17 heavy (non-hydrogen) atoms. The van der Waals surface area contributed by atoms with Crippen LogP contribution in [0.3, 0.4) is 0 Å². The lowest BCUT2D eigenvalue weighted by Crippen LogP contribution is -2.37. The van der Waals surface area contributed by atoms with Crippen LogP contribution >= 0.6 is 0 Å². The molecule has 3 nitrogen and oxygen atoms in total. The van der Waals surface area contributed by atoms with Crippen LogP contribution in [0.5, 0.6) is 0 Å². The summed E-state index contributed by atoms with van der Waals surface area (Å²) in [5, 5.41) is 6.08. The van der Waals surface area contributed by atoms with Crippen molar-refractivity contribution in [3.05, 3.63) is 46.5 Å². The fourth-order valence-electron chi connectivity index (χ4n) is 1.70. The second-order valence-electron chi connectivity index (χ2n) is 4.50. The van der Waals surface area contributed by atoms with Gasteiger partial charge >= 0.3 is 0 Å². The zero-order valence-electron chi connectivity index (χ0n) is 10.3. The summed E-state index contributed by atoms with van der Waals surface area (Å²) in [6, 6.07) is 8.21. The molecule has 0 radical (unpaired) electrons. The number of aryl methyl sites for hydroxylation is 1. The van der Waals surface area contributed by atoms with Crippen molar-refractivity contribution >= 4 is 5.91 Å². The topological polar surface area (TPSA) is 41.1 Å². The Hall–Kier alpha value is -1.61. The second-order valence-corrected chi connectivity index (χ2v) is 4.50. The number of amides is 1. The zero-order valence-corrected chi connectivity index (χ0v) is 10.3. The predicted octanol–water partition coefficient (Wildman–Crippen LogP) is 1.53. The second kappa shape index (κ2) is 5.15. The van der Waals surface area contributed by atoms with Gasteiger partial charge in [-0.05, 0) is 25.0 Å². The van der Waals surface area contributed by atoms with Gasteiger partial charge < -0.3 is 10.6 Å². The summed E-state index contributed by atoms with van der Waals surface area (Å²) in [4.78, 5) is 11.8. The zero-order chi connectivity index (χ0) is 12.3. The predicted molar refractivity (Wildman–Crippen MR) is 68.6 cm³/mol. The van der Waals surface area contributed by atoms with Crippen LogP contribution in [0.4, 0.5) is 0 Å². The van der Waals surface area contributed by atoms with Gasteiger partial charge in [0.1, 0.15) is 0 Å². The molecule has 2 rings (SSSR count). The van der Waals surface area contributed by atoms with Crippen molar-refractivity contribution in [1.82, 2.24) is 10.6 Å². The SMILES string of the molecule is CC(C(=O)NCc1ccc(C)cc1)=C1CNC1. The lowest BCUT2D eigenvalue weighted by molar-refractivity contribution is -0.117. The maximum absolute atomic E-state index is 11.8. The Morgan fingerprint density at radius 3 is 2.47 bits per heavy atom. The van der Waals surface area contributed by atoms with Crippen LogP contribution in [0.15, 0.2) is 35.4 Å². The summed E-state index contributed by atoms with van der Waals surface area (Å²) in [6.45, 7) is 6.24. The molecule has 0 unspecified atom stereocenters. The van der Waals surface area contributed by atoms with Gasteiger partial charge in [-0.1, -0.05) is 29.8 Å². The van der Waals surface area contributed by atoms with E-state index in [0.717, 1.165) is 24.2 Å². The summed E-state index contributed by atoms with van der Waals surface area (Å²) in [5.41, 5.74) is 4.44. The standard InChI is InChI=1S/C14H18N2O/c1-10-3-5-12(6-4-10)7-16-14(17)11(2)13-8-15-9-13/h3-6,15H,7-9H2,1-2H3,(H,16,17). The first-order valence-corrected chi connectivity index (χ1v) is 5.90. The average Bonchev–Trinajstić information content (AvgIpc) is 2.25. The van der Waals surface area contributed by atoms with Crippen LogP contribution in [0, 0.1) is 6.92 Å². The maximum Gasteiger partial charge on any atom is 0.247 e. The highest BCUT2D eigenvalue weighted by Crippen LogP contribution is 2.09. The smallest absolute Gasteiger partial charge is 0.247 e. The molecular weight excluding hydrogens is 212 g/mol. The van der Waals surface area contributed by atoms with Gasteiger partial charge in [-0.3, -0.25) is 4.79 Å². The van der Waals surface area contributed by atoms with E-state index in [1.165, 1.54) is 11.1 Å². The first kappa shape index (κ1) is 11.9. The molecule has 1 heterocycles. The summed E-state index contributed by atoms with van der Waals surface area (Å²) in [5.74, 6) is 0.0436. The van der Waals surface area contributed by atoms with Crippen molar-refractivity contribution in [2.24, 2.45) is 0 Å². The summed E-state index contributed by atoms with van der Waals surface area (Å²) < 4.78 is 0. The molecule has 0 spiro atoms. The lowest BCUT2D eigenvalue weighted by Gasteiger charge is -2.21. The molecule has 1 aliphatic heterocycles. The third-order valence-electron chi connectivity index (χ3n) is 3.12. The summed E-state index contributed by atoms with van der Waals surface area (Å²) in [6.07, 6.45) is 0. The van der Waals surface area contributed by atoms with Gasteiger partial charge in [-0.15, -0.1) is 0 Å². The highest BCUT2D eigenvalue weighted by molar-refractivity contribution is 5.93. The van der Waals surface area contributed by atoms with Crippen molar-refractivity contribution in [2.75, 3.05) is 13.1 Å². The number of nitrogens with one attached hydrogen (secondary N) is 2. The summed E-state index contributed by atoms with van der Waals surface area (Å²) >= 11 is 0. The molecule has 1 amide bonds. The van der Waals surface area contributed by atoms with Gasteiger partial charge in [-0.25, -0.2) is 0 Å². The lowest BCUT2D eigenvalue weighted by atomic mass is 10.0. The van der Waals surface area contributed by atoms with Crippen molar-refractivity contribution < 1.29 is 4.79 Å². The third-order valence-corrected chi connectivity index (χ3v) is 3.12. The first-order valence-electron chi connectivity index (χ1n) is 5.90. The molecule has 0 saturated carbocycles. The van der Waals surface area contributed by atoms with Crippen LogP contribution < -0.4 is 10.6 Å². The quantitative estimate of drug-likeness (QED) is 0.773. The Morgan fingerprint density at radius 1 is 1.29 bits per heavy atom. The number of hydrogen-bond acceptors (Lipinski definition) is 2. The Labute approximate surface area is 102 Å². The molecule has 0 aromatic heterocycles. The Morgan fingerprint density at radius 2 is 1.94 bits per heavy atom. The molecular formula is C14H18N2O. The van der Waals surface area contributed by atoms with Crippen molar-refractivity contribution in [1.29, 1.82) is 0 Å². The largest absolute Gasteiger partial charge is 0.348 e. The fraction of sp³-hybridized carbons (Fsp3) is 0.357. The van der Waals surface area contributed by atoms with E-state index in [0.29, 0.717) is 6.54 Å². The van der Waals surface area contributed by atoms with Crippen molar-refractivity contribution in [3.8, 4) is 0 Å². The molecule has 2 N–H and O–H groups in total. The van der Waals surface area contributed by atoms with Gasteiger partial charge in [0.15, 0.2) is 0 Å². The van der Waals surface area contributed by atoms with Gasteiger partial charge in [0, 0.05) is 25.2 Å². The molecule has 1 saturated heterocycles. The van der Waals surface area contributed by atoms with E-state index in [4.69, 9.17) is 0 Å². The Kier molecular flexibility index (Phi) is 3.59.